The molecule has 8 heteroatoms. The highest BCUT2D eigenvalue weighted by Gasteiger charge is 2.19. The number of carbonyl (C=O) groups is 1. The lowest BCUT2D eigenvalue weighted by Crippen LogP contribution is -2.40. The zero-order valence-corrected chi connectivity index (χ0v) is 30.4. The van der Waals surface area contributed by atoms with Crippen LogP contribution in [0.25, 0.3) is 0 Å². The van der Waals surface area contributed by atoms with Crippen LogP contribution in [0.15, 0.2) is 36.4 Å². The Morgan fingerprint density at radius 3 is 1.80 bits per heavy atom. The molecule has 2 aromatic carbocycles. The Balaban J connectivity index is -0.000000366. The lowest BCUT2D eigenvalue weighted by atomic mass is 9.93. The number of likely N-dealkylation sites (N-methyl/N-ethyl adjacent to an activating group) is 1. The first-order chi connectivity index (χ1) is 21.7. The number of nitrogens with one attached hydrogen (secondary N) is 1. The van der Waals surface area contributed by atoms with Crippen LogP contribution in [-0.2, 0) is 22.6 Å². The number of hydrogen-bond acceptors (Lipinski definition) is 4. The minimum atomic E-state index is -1.57. The lowest BCUT2D eigenvalue weighted by Gasteiger charge is -2.27. The Morgan fingerprint density at radius 1 is 0.911 bits per heavy atom. The van der Waals surface area contributed by atoms with Gasteiger partial charge in [0, 0.05) is 38.2 Å². The summed E-state index contributed by atoms with van der Waals surface area (Å²) in [6.07, 6.45) is 2.63. The van der Waals surface area contributed by atoms with Gasteiger partial charge >= 0.3 is 0 Å². The summed E-state index contributed by atoms with van der Waals surface area (Å²) in [4.78, 5) is 13.5. The van der Waals surface area contributed by atoms with Crippen molar-refractivity contribution >= 4 is 5.91 Å². The number of ether oxygens (including phenoxy) is 1. The van der Waals surface area contributed by atoms with Crippen LogP contribution in [0.3, 0.4) is 0 Å². The second-order valence-electron chi connectivity index (χ2n) is 8.64. The Labute approximate surface area is 274 Å². The fourth-order valence-electron chi connectivity index (χ4n) is 3.68. The largest absolute Gasteiger partial charge is 0.395 e. The molecule has 0 aromatic heterocycles. The lowest BCUT2D eigenvalue weighted by molar-refractivity contribution is -0.124. The first-order valence-corrected chi connectivity index (χ1v) is 16.5. The van der Waals surface area contributed by atoms with Gasteiger partial charge in [-0.15, -0.1) is 0 Å². The molecule has 1 amide bonds. The number of halogens is 3. The molecule has 260 valence electrons. The highest BCUT2D eigenvalue weighted by atomic mass is 19.2. The Morgan fingerprint density at radius 2 is 1.40 bits per heavy atom. The highest BCUT2D eigenvalue weighted by Crippen LogP contribution is 2.15. The van der Waals surface area contributed by atoms with Crippen LogP contribution >= 0.6 is 0 Å². The molecule has 2 atom stereocenters. The van der Waals surface area contributed by atoms with Crippen LogP contribution in [-0.4, -0.2) is 55.8 Å². The van der Waals surface area contributed by atoms with E-state index < -0.39 is 23.4 Å². The number of nitrogens with zero attached hydrogens (tertiary/aromatic N) is 1. The summed E-state index contributed by atoms with van der Waals surface area (Å²) >= 11 is 0. The van der Waals surface area contributed by atoms with Crippen molar-refractivity contribution in [1.29, 1.82) is 0 Å². The maximum Gasteiger partial charge on any atom is 0.298 e. The van der Waals surface area contributed by atoms with E-state index in [1.54, 1.807) is 14.2 Å². The summed E-state index contributed by atoms with van der Waals surface area (Å²) < 4.78 is 44.2. The molecule has 0 bridgehead atoms. The van der Waals surface area contributed by atoms with E-state index in [0.29, 0.717) is 19.6 Å². The Bertz CT molecular complexity index is 999. The second-order valence-corrected chi connectivity index (χ2v) is 8.64. The number of rotatable bonds is 11. The Hall–Kier alpha value is -2.86. The van der Waals surface area contributed by atoms with Gasteiger partial charge in [0.1, 0.15) is 0 Å². The van der Waals surface area contributed by atoms with Crippen molar-refractivity contribution in [2.24, 2.45) is 5.92 Å². The second kappa shape index (κ2) is 34.0. The molecule has 0 saturated heterocycles. The van der Waals surface area contributed by atoms with Crippen molar-refractivity contribution in [3.8, 4) is 11.8 Å². The van der Waals surface area contributed by atoms with Gasteiger partial charge in [-0.1, -0.05) is 113 Å². The average molecular weight is 641 g/mol. The number of hydrogen-bond donors (Lipinski definition) is 2. The molecule has 0 saturated carbocycles. The summed E-state index contributed by atoms with van der Waals surface area (Å²) in [6.45, 7) is 24.0. The van der Waals surface area contributed by atoms with Gasteiger partial charge in [0.15, 0.2) is 17.5 Å². The van der Waals surface area contributed by atoms with Gasteiger partial charge in [0.05, 0.1) is 13.2 Å². The van der Waals surface area contributed by atoms with Crippen LogP contribution in [0.5, 0.6) is 0 Å². The molecule has 45 heavy (non-hydrogen) atoms. The SMILES string of the molecule is CC.CC.CC.CC.CCNC(CO)C(CC)CCN(C)C(=O)C#Cc1cc(F)c(F)c(F)c1.CCc1ccc(COC)cc1. The van der Waals surface area contributed by atoms with Crippen molar-refractivity contribution in [1.82, 2.24) is 10.2 Å². The molecule has 2 aromatic rings. The van der Waals surface area contributed by atoms with Crippen molar-refractivity contribution in [2.75, 3.05) is 33.9 Å². The van der Waals surface area contributed by atoms with Crippen molar-refractivity contribution < 1.29 is 27.8 Å². The van der Waals surface area contributed by atoms with E-state index >= 15 is 0 Å². The number of amides is 1. The van der Waals surface area contributed by atoms with E-state index in [4.69, 9.17) is 4.74 Å². The van der Waals surface area contributed by atoms with E-state index in [9.17, 15) is 23.1 Å². The van der Waals surface area contributed by atoms with Gasteiger partial charge in [-0.25, -0.2) is 13.2 Å². The van der Waals surface area contributed by atoms with Crippen LogP contribution < -0.4 is 5.32 Å². The number of aliphatic hydroxyl groups excluding tert-OH is 1. The summed E-state index contributed by atoms with van der Waals surface area (Å²) in [7, 11) is 3.30. The molecule has 2 unspecified atom stereocenters. The first-order valence-electron chi connectivity index (χ1n) is 16.5. The summed E-state index contributed by atoms with van der Waals surface area (Å²) in [6, 6.07) is 9.97. The predicted octanol–water partition coefficient (Wildman–Crippen LogP) is 8.80. The molecular weight excluding hydrogens is 577 g/mol. The first kappa shape index (κ1) is 49.0. The molecule has 2 rings (SSSR count). The third kappa shape index (κ3) is 22.3. The molecule has 0 aliphatic rings. The standard InChI is InChI=1S/C19H25F3N2O2.C10H14O.4C2H6/c1-4-14(17(12-25)23-5-2)8-9-24(3)18(26)7-6-13-10-15(20)19(22)16(21)11-13;1-3-9-4-6-10(7-5-9)8-11-2;4*1-2/h10-11,14,17,23,25H,4-5,8-9,12H2,1-3H3;4-7H,3,8H2,1-2H3;4*1-2H3. The van der Waals surface area contributed by atoms with Crippen molar-refractivity contribution in [2.45, 2.75) is 108 Å². The molecule has 2 N–H and O–H groups in total. The third-order valence-electron chi connectivity index (χ3n) is 5.98. The predicted molar refractivity (Wildman–Crippen MR) is 186 cm³/mol. The van der Waals surface area contributed by atoms with Gasteiger partial charge in [0.2, 0.25) is 0 Å². The van der Waals surface area contributed by atoms with E-state index in [1.165, 1.54) is 16.0 Å². The molecule has 0 aliphatic carbocycles. The number of carbonyl (C=O) groups excluding carboxylic acids is 1. The van der Waals surface area contributed by atoms with E-state index in [2.05, 4.69) is 48.3 Å². The number of methoxy groups -OCH3 is 1. The van der Waals surface area contributed by atoms with Crippen molar-refractivity contribution in [3.05, 3.63) is 70.5 Å². The van der Waals surface area contributed by atoms with Crippen LogP contribution in [0.1, 0.15) is 106 Å². The molecular formula is C37H63F3N2O3. The van der Waals surface area contributed by atoms with Crippen LogP contribution in [0.2, 0.25) is 0 Å². The zero-order chi connectivity index (χ0) is 35.8. The van der Waals surface area contributed by atoms with Crippen LogP contribution in [0, 0.1) is 35.2 Å². The molecule has 0 spiro atoms. The molecule has 0 heterocycles. The average Bonchev–Trinajstić information content (AvgIpc) is 3.09. The number of aliphatic hydroxyl groups is 1. The molecule has 5 nitrogen and oxygen atoms in total. The maximum absolute atomic E-state index is 13.1. The molecule has 0 fully saturated rings. The van der Waals surface area contributed by atoms with Gasteiger partial charge in [-0.2, -0.15) is 0 Å². The number of benzene rings is 2. The topological polar surface area (TPSA) is 61.8 Å². The van der Waals surface area contributed by atoms with E-state index in [0.717, 1.165) is 31.5 Å². The van der Waals surface area contributed by atoms with Gasteiger partial charge < -0.3 is 20.1 Å². The fraction of sp³-hybridized carbons (Fsp3) is 0.595. The summed E-state index contributed by atoms with van der Waals surface area (Å²) in [5.74, 6) is 0.0793. The third-order valence-corrected chi connectivity index (χ3v) is 5.98. The van der Waals surface area contributed by atoms with E-state index in [-0.39, 0.29) is 24.1 Å². The summed E-state index contributed by atoms with van der Waals surface area (Å²) in [5, 5.41) is 12.7. The smallest absolute Gasteiger partial charge is 0.298 e. The van der Waals surface area contributed by atoms with E-state index in [1.807, 2.05) is 69.2 Å². The monoisotopic (exact) mass is 640 g/mol. The Kier molecular flexibility index (Phi) is 37.1. The minimum Gasteiger partial charge on any atom is -0.395 e. The maximum atomic E-state index is 13.1. The normalized spacial score (nSPS) is 10.4. The van der Waals surface area contributed by atoms with Crippen LogP contribution in [0.4, 0.5) is 13.2 Å². The van der Waals surface area contributed by atoms with Gasteiger partial charge in [-0.3, -0.25) is 4.79 Å². The zero-order valence-electron chi connectivity index (χ0n) is 30.4. The molecule has 0 aliphatic heterocycles. The minimum absolute atomic E-state index is 0.0194. The number of aryl methyl sites for hydroxylation is 1. The summed E-state index contributed by atoms with van der Waals surface area (Å²) in [5.41, 5.74) is 2.51. The quantitative estimate of drug-likeness (QED) is 0.190. The van der Waals surface area contributed by atoms with Gasteiger partial charge in [0.25, 0.3) is 5.91 Å². The fourth-order valence-corrected chi connectivity index (χ4v) is 3.68. The highest BCUT2D eigenvalue weighted by molar-refractivity contribution is 5.93. The van der Waals surface area contributed by atoms with Crippen molar-refractivity contribution in [3.63, 3.8) is 0 Å². The molecule has 0 radical (unpaired) electrons. The van der Waals surface area contributed by atoms with Gasteiger partial charge in [-0.05, 0) is 48.6 Å².